The van der Waals surface area contributed by atoms with Gasteiger partial charge in [0.05, 0.1) is 6.07 Å². The van der Waals surface area contributed by atoms with E-state index in [0.717, 1.165) is 12.8 Å². The summed E-state index contributed by atoms with van der Waals surface area (Å²) < 4.78 is 4.87. The van der Waals surface area contributed by atoms with Crippen LogP contribution in [0.2, 0.25) is 0 Å². The zero-order chi connectivity index (χ0) is 10.8. The number of carbonyl (C=O) groups is 1. The Morgan fingerprint density at radius 1 is 1.57 bits per heavy atom. The van der Waals surface area contributed by atoms with Crippen LogP contribution in [0.4, 0.5) is 0 Å². The molecule has 0 aromatic heterocycles. The van der Waals surface area contributed by atoms with Gasteiger partial charge in [-0.1, -0.05) is 6.92 Å². The summed E-state index contributed by atoms with van der Waals surface area (Å²) in [4.78, 5) is 11.3. The zero-order valence-corrected chi connectivity index (χ0v) is 8.88. The molecule has 1 N–H and O–H groups in total. The minimum absolute atomic E-state index is 0.160. The maximum Gasteiger partial charge on any atom is 0.237 e. The van der Waals surface area contributed by atoms with E-state index in [1.807, 2.05) is 13.0 Å². The quantitative estimate of drug-likeness (QED) is 0.623. The van der Waals surface area contributed by atoms with Crippen LogP contribution in [-0.4, -0.2) is 26.2 Å². The van der Waals surface area contributed by atoms with E-state index in [9.17, 15) is 4.79 Å². The van der Waals surface area contributed by atoms with E-state index in [4.69, 9.17) is 10.00 Å². The van der Waals surface area contributed by atoms with Gasteiger partial charge in [0.1, 0.15) is 5.92 Å². The molecule has 0 aromatic carbocycles. The fourth-order valence-electron chi connectivity index (χ4n) is 1.04. The predicted octanol–water partition coefficient (Wildman–Crippen LogP) is 1.08. The van der Waals surface area contributed by atoms with Gasteiger partial charge in [0.15, 0.2) is 0 Å². The van der Waals surface area contributed by atoms with Gasteiger partial charge in [-0.05, 0) is 19.3 Å². The van der Waals surface area contributed by atoms with Crippen LogP contribution < -0.4 is 5.32 Å². The third kappa shape index (κ3) is 5.55. The number of nitriles is 1. The minimum Gasteiger partial charge on any atom is -0.385 e. The summed E-state index contributed by atoms with van der Waals surface area (Å²) in [7, 11) is 1.65. The van der Waals surface area contributed by atoms with Crippen molar-refractivity contribution in [2.75, 3.05) is 20.3 Å². The molecule has 0 aliphatic carbocycles. The number of nitrogens with zero attached hydrogens (tertiary/aromatic N) is 1. The van der Waals surface area contributed by atoms with Crippen LogP contribution in [0, 0.1) is 17.2 Å². The standard InChI is InChI=1S/C10H18N2O2/c1-3-9(8-11)10(13)12-6-4-5-7-14-2/h9H,3-7H2,1-2H3,(H,12,13). The Morgan fingerprint density at radius 2 is 2.29 bits per heavy atom. The van der Waals surface area contributed by atoms with Crippen molar-refractivity contribution in [2.45, 2.75) is 26.2 Å². The lowest BCUT2D eigenvalue weighted by molar-refractivity contribution is -0.123. The lowest BCUT2D eigenvalue weighted by atomic mass is 10.1. The number of rotatable bonds is 7. The smallest absolute Gasteiger partial charge is 0.237 e. The zero-order valence-electron chi connectivity index (χ0n) is 8.88. The van der Waals surface area contributed by atoms with Gasteiger partial charge in [0, 0.05) is 20.3 Å². The second-order valence-corrected chi connectivity index (χ2v) is 3.08. The molecule has 0 aliphatic rings. The summed E-state index contributed by atoms with van der Waals surface area (Å²) in [5, 5.41) is 11.3. The van der Waals surface area contributed by atoms with Gasteiger partial charge in [0.2, 0.25) is 5.91 Å². The highest BCUT2D eigenvalue weighted by atomic mass is 16.5. The average molecular weight is 198 g/mol. The van der Waals surface area contributed by atoms with Gasteiger partial charge < -0.3 is 10.1 Å². The molecule has 0 radical (unpaired) electrons. The molecule has 0 fully saturated rings. The molecule has 0 saturated carbocycles. The number of methoxy groups -OCH3 is 1. The Labute approximate surface area is 85.2 Å². The summed E-state index contributed by atoms with van der Waals surface area (Å²) in [5.41, 5.74) is 0. The van der Waals surface area contributed by atoms with Crippen LogP contribution in [0.3, 0.4) is 0 Å². The Morgan fingerprint density at radius 3 is 2.79 bits per heavy atom. The fourth-order valence-corrected chi connectivity index (χ4v) is 1.04. The van der Waals surface area contributed by atoms with E-state index in [0.29, 0.717) is 19.6 Å². The van der Waals surface area contributed by atoms with Gasteiger partial charge in [-0.2, -0.15) is 5.26 Å². The molecule has 0 heterocycles. The lowest BCUT2D eigenvalue weighted by Crippen LogP contribution is -2.30. The Hall–Kier alpha value is -1.08. The molecule has 1 unspecified atom stereocenters. The summed E-state index contributed by atoms with van der Waals surface area (Å²) in [6.45, 7) is 3.17. The molecule has 0 aromatic rings. The van der Waals surface area contributed by atoms with E-state index in [1.165, 1.54) is 0 Å². The molecule has 4 heteroatoms. The van der Waals surface area contributed by atoms with Crippen molar-refractivity contribution in [1.29, 1.82) is 5.26 Å². The van der Waals surface area contributed by atoms with E-state index in [-0.39, 0.29) is 5.91 Å². The van der Waals surface area contributed by atoms with Crippen LogP contribution in [-0.2, 0) is 9.53 Å². The topological polar surface area (TPSA) is 62.1 Å². The maximum absolute atomic E-state index is 11.3. The Balaban J connectivity index is 3.49. The largest absolute Gasteiger partial charge is 0.385 e. The maximum atomic E-state index is 11.3. The molecule has 14 heavy (non-hydrogen) atoms. The third-order valence-electron chi connectivity index (χ3n) is 1.96. The Bertz CT molecular complexity index is 199. The van der Waals surface area contributed by atoms with E-state index in [2.05, 4.69) is 5.32 Å². The second kappa shape index (κ2) is 8.52. The lowest BCUT2D eigenvalue weighted by Gasteiger charge is -2.07. The highest BCUT2D eigenvalue weighted by molar-refractivity contribution is 5.80. The van der Waals surface area contributed by atoms with Crippen LogP contribution in [0.1, 0.15) is 26.2 Å². The molecular weight excluding hydrogens is 180 g/mol. The number of nitrogens with one attached hydrogen (secondary N) is 1. The van der Waals surface area contributed by atoms with E-state index in [1.54, 1.807) is 7.11 Å². The van der Waals surface area contributed by atoms with Crippen molar-refractivity contribution in [3.8, 4) is 6.07 Å². The van der Waals surface area contributed by atoms with E-state index < -0.39 is 5.92 Å². The molecule has 0 saturated heterocycles. The first kappa shape index (κ1) is 12.9. The monoisotopic (exact) mass is 198 g/mol. The normalized spacial score (nSPS) is 11.8. The predicted molar refractivity (Wildman–Crippen MR) is 53.5 cm³/mol. The van der Waals surface area contributed by atoms with Crippen LogP contribution >= 0.6 is 0 Å². The average Bonchev–Trinajstić information content (AvgIpc) is 2.19. The molecule has 80 valence electrons. The minimum atomic E-state index is -0.502. The third-order valence-corrected chi connectivity index (χ3v) is 1.96. The molecule has 0 bridgehead atoms. The SMILES string of the molecule is CCC(C#N)C(=O)NCCCCOC. The number of unbranched alkanes of at least 4 members (excludes halogenated alkanes) is 1. The molecule has 1 amide bonds. The Kier molecular flexibility index (Phi) is 7.86. The van der Waals surface area contributed by atoms with Gasteiger partial charge in [-0.25, -0.2) is 0 Å². The first-order valence-electron chi connectivity index (χ1n) is 4.92. The van der Waals surface area contributed by atoms with Crippen molar-refractivity contribution in [1.82, 2.24) is 5.32 Å². The van der Waals surface area contributed by atoms with Crippen LogP contribution in [0.5, 0.6) is 0 Å². The van der Waals surface area contributed by atoms with Gasteiger partial charge >= 0.3 is 0 Å². The first-order chi connectivity index (χ1) is 6.76. The van der Waals surface area contributed by atoms with Crippen molar-refractivity contribution in [3.05, 3.63) is 0 Å². The van der Waals surface area contributed by atoms with Crippen LogP contribution in [0.15, 0.2) is 0 Å². The van der Waals surface area contributed by atoms with Crippen molar-refractivity contribution >= 4 is 5.91 Å². The number of carbonyl (C=O) groups excluding carboxylic acids is 1. The molecular formula is C10H18N2O2. The molecule has 0 spiro atoms. The van der Waals surface area contributed by atoms with Crippen molar-refractivity contribution in [3.63, 3.8) is 0 Å². The summed E-state index contributed by atoms with van der Waals surface area (Å²) in [6, 6.07) is 1.97. The molecule has 0 rings (SSSR count). The number of hydrogen-bond donors (Lipinski definition) is 1. The van der Waals surface area contributed by atoms with Gasteiger partial charge in [-0.15, -0.1) is 0 Å². The summed E-state index contributed by atoms with van der Waals surface area (Å²) in [5.74, 6) is -0.662. The fraction of sp³-hybridized carbons (Fsp3) is 0.800. The summed E-state index contributed by atoms with van der Waals surface area (Å²) in [6.07, 6.45) is 2.39. The number of hydrogen-bond acceptors (Lipinski definition) is 3. The molecule has 4 nitrogen and oxygen atoms in total. The highest BCUT2D eigenvalue weighted by Gasteiger charge is 2.13. The molecule has 0 aliphatic heterocycles. The van der Waals surface area contributed by atoms with Crippen molar-refractivity contribution in [2.24, 2.45) is 5.92 Å². The highest BCUT2D eigenvalue weighted by Crippen LogP contribution is 1.99. The molecule has 1 atom stereocenters. The van der Waals surface area contributed by atoms with Crippen LogP contribution in [0.25, 0.3) is 0 Å². The number of amides is 1. The number of ether oxygens (including phenoxy) is 1. The van der Waals surface area contributed by atoms with Gasteiger partial charge in [0.25, 0.3) is 0 Å². The van der Waals surface area contributed by atoms with Gasteiger partial charge in [-0.3, -0.25) is 4.79 Å². The van der Waals surface area contributed by atoms with E-state index >= 15 is 0 Å². The first-order valence-corrected chi connectivity index (χ1v) is 4.92. The second-order valence-electron chi connectivity index (χ2n) is 3.08. The van der Waals surface area contributed by atoms with Crippen molar-refractivity contribution < 1.29 is 9.53 Å². The summed E-state index contributed by atoms with van der Waals surface area (Å²) >= 11 is 0.